The van der Waals surface area contributed by atoms with Gasteiger partial charge in [0.25, 0.3) is 0 Å². The van der Waals surface area contributed by atoms with Crippen molar-refractivity contribution in [1.29, 1.82) is 0 Å². The largest absolute Gasteiger partial charge is 0.490 e. The van der Waals surface area contributed by atoms with Gasteiger partial charge in [-0.1, -0.05) is 6.58 Å². The smallest absolute Gasteiger partial charge is 0.144 e. The Morgan fingerprint density at radius 3 is 1.62 bits per heavy atom. The van der Waals surface area contributed by atoms with Gasteiger partial charge in [-0.3, -0.25) is 0 Å². The van der Waals surface area contributed by atoms with E-state index in [1.807, 2.05) is 28.2 Å². The first-order valence-corrected chi connectivity index (χ1v) is 7.20. The Bertz CT molecular complexity index is 415. The van der Waals surface area contributed by atoms with Crippen LogP contribution in [0.2, 0.25) is 0 Å². The highest BCUT2D eigenvalue weighted by atomic mass is 16.5. The van der Waals surface area contributed by atoms with Crippen LogP contribution in [0.15, 0.2) is 48.2 Å². The lowest BCUT2D eigenvalue weighted by molar-refractivity contribution is 0.194. The Morgan fingerprint density at radius 1 is 0.857 bits per heavy atom. The summed E-state index contributed by atoms with van der Waals surface area (Å²) < 4.78 is 5.80. The second-order valence-electron chi connectivity index (χ2n) is 6.12. The van der Waals surface area contributed by atoms with Gasteiger partial charge >= 0.3 is 0 Å². The van der Waals surface area contributed by atoms with E-state index in [1.165, 1.54) is 16.7 Å². The van der Waals surface area contributed by atoms with Crippen molar-refractivity contribution >= 4 is 0 Å². The Kier molecular flexibility index (Phi) is 6.40. The van der Waals surface area contributed by atoms with Gasteiger partial charge in [0.15, 0.2) is 0 Å². The summed E-state index contributed by atoms with van der Waals surface area (Å²) >= 11 is 0. The molecule has 0 bridgehead atoms. The third kappa shape index (κ3) is 5.58. The molecule has 1 fully saturated rings. The first-order valence-electron chi connectivity index (χ1n) is 7.20. The molecule has 0 spiro atoms. The van der Waals surface area contributed by atoms with Gasteiger partial charge < -0.3 is 19.4 Å². The fourth-order valence-corrected chi connectivity index (χ4v) is 2.63. The number of nitrogens with zero attached hydrogens (tertiary/aromatic N) is 3. The lowest BCUT2D eigenvalue weighted by Crippen LogP contribution is -2.26. The number of rotatable bonds is 5. The van der Waals surface area contributed by atoms with Crippen molar-refractivity contribution < 1.29 is 4.74 Å². The number of hydrogen-bond acceptors (Lipinski definition) is 4. The molecule has 0 radical (unpaired) electrons. The molecule has 0 saturated heterocycles. The molecule has 118 valence electrons. The third-order valence-electron chi connectivity index (χ3n) is 3.06. The lowest BCUT2D eigenvalue weighted by atomic mass is 9.84. The molecule has 0 N–H and O–H groups in total. The van der Waals surface area contributed by atoms with Crippen molar-refractivity contribution in [2.45, 2.75) is 18.9 Å². The summed E-state index contributed by atoms with van der Waals surface area (Å²) in [7, 11) is 12.3. The molecule has 0 unspecified atom stereocenters. The van der Waals surface area contributed by atoms with Crippen molar-refractivity contribution in [2.75, 3.05) is 42.3 Å². The van der Waals surface area contributed by atoms with Crippen LogP contribution in [0.25, 0.3) is 0 Å². The van der Waals surface area contributed by atoms with Crippen LogP contribution in [0.5, 0.6) is 0 Å². The van der Waals surface area contributed by atoms with Crippen molar-refractivity contribution in [2.24, 2.45) is 0 Å². The second-order valence-corrected chi connectivity index (χ2v) is 6.12. The molecule has 4 nitrogen and oxygen atoms in total. The summed E-state index contributed by atoms with van der Waals surface area (Å²) in [5.74, 6) is 0. The van der Waals surface area contributed by atoms with E-state index < -0.39 is 0 Å². The number of hydrogen-bond donors (Lipinski definition) is 0. The highest BCUT2D eigenvalue weighted by Crippen LogP contribution is 2.35. The summed E-state index contributed by atoms with van der Waals surface area (Å²) in [6.07, 6.45) is 9.89. The van der Waals surface area contributed by atoms with E-state index in [2.05, 4.69) is 54.0 Å². The third-order valence-corrected chi connectivity index (χ3v) is 3.06. The van der Waals surface area contributed by atoms with E-state index in [0.29, 0.717) is 0 Å². The zero-order chi connectivity index (χ0) is 16.0. The standard InChI is InChI=1S/C17H29N3O/c1-8-21-17-15(12-19(4)5)9-14(11-18(2)3)10-16(17)13-20(6)7/h8,11-13,17H,1,9-10H2,2-7H3. The van der Waals surface area contributed by atoms with Gasteiger partial charge in [0.05, 0.1) is 6.26 Å². The molecule has 1 aliphatic rings. The zero-order valence-corrected chi connectivity index (χ0v) is 14.3. The van der Waals surface area contributed by atoms with Crippen molar-refractivity contribution in [3.05, 3.63) is 48.2 Å². The van der Waals surface area contributed by atoms with Gasteiger partial charge in [0, 0.05) is 54.7 Å². The Balaban J connectivity index is 3.21. The van der Waals surface area contributed by atoms with Gasteiger partial charge in [0.2, 0.25) is 0 Å². The molecule has 0 amide bonds. The summed E-state index contributed by atoms with van der Waals surface area (Å²) in [6.45, 7) is 3.72. The summed E-state index contributed by atoms with van der Waals surface area (Å²) in [4.78, 5) is 6.24. The molecule has 0 aromatic heterocycles. The zero-order valence-electron chi connectivity index (χ0n) is 14.3. The van der Waals surface area contributed by atoms with E-state index in [4.69, 9.17) is 4.74 Å². The van der Waals surface area contributed by atoms with E-state index in [9.17, 15) is 0 Å². The van der Waals surface area contributed by atoms with Gasteiger partial charge in [-0.25, -0.2) is 0 Å². The SMILES string of the molecule is C=COC1C(=CN(C)C)CC(=CN(C)C)CC1=CN(C)C. The van der Waals surface area contributed by atoms with E-state index in [0.717, 1.165) is 12.8 Å². The highest BCUT2D eigenvalue weighted by molar-refractivity contribution is 5.37. The van der Waals surface area contributed by atoms with Crippen molar-refractivity contribution in [1.82, 2.24) is 14.7 Å². The lowest BCUT2D eigenvalue weighted by Gasteiger charge is -2.31. The predicted octanol–water partition coefficient (Wildman–Crippen LogP) is 2.65. The maximum atomic E-state index is 5.80. The molecule has 1 rings (SSSR count). The predicted molar refractivity (Wildman–Crippen MR) is 89.6 cm³/mol. The molecule has 1 saturated carbocycles. The Hall–Kier alpha value is -1.84. The highest BCUT2D eigenvalue weighted by Gasteiger charge is 2.27. The summed E-state index contributed by atoms with van der Waals surface area (Å²) in [5.41, 5.74) is 3.91. The average molecular weight is 291 g/mol. The van der Waals surface area contributed by atoms with Gasteiger partial charge in [0.1, 0.15) is 6.10 Å². The topological polar surface area (TPSA) is 19.0 Å². The minimum absolute atomic E-state index is 0.0217. The van der Waals surface area contributed by atoms with E-state index in [-0.39, 0.29) is 6.10 Å². The molecule has 0 aromatic rings. The van der Waals surface area contributed by atoms with Gasteiger partial charge in [-0.05, 0) is 35.8 Å². The fraction of sp³-hybridized carbons (Fsp3) is 0.529. The molecular weight excluding hydrogens is 262 g/mol. The molecule has 0 aromatic carbocycles. The Morgan fingerprint density at radius 2 is 1.29 bits per heavy atom. The van der Waals surface area contributed by atoms with Crippen LogP contribution in [0.3, 0.4) is 0 Å². The molecule has 0 atom stereocenters. The van der Waals surface area contributed by atoms with Crippen LogP contribution in [0, 0.1) is 0 Å². The quantitative estimate of drug-likeness (QED) is 0.725. The van der Waals surface area contributed by atoms with E-state index >= 15 is 0 Å². The molecule has 1 aliphatic carbocycles. The second kappa shape index (κ2) is 7.81. The van der Waals surface area contributed by atoms with Crippen LogP contribution in [0.4, 0.5) is 0 Å². The minimum atomic E-state index is -0.0217. The number of allylic oxidation sites excluding steroid dienone is 1. The molecule has 0 aliphatic heterocycles. The van der Waals surface area contributed by atoms with Gasteiger partial charge in [-0.2, -0.15) is 0 Å². The summed E-state index contributed by atoms with van der Waals surface area (Å²) in [6, 6.07) is 0. The van der Waals surface area contributed by atoms with E-state index in [1.54, 1.807) is 6.26 Å². The van der Waals surface area contributed by atoms with Crippen LogP contribution < -0.4 is 0 Å². The molecular formula is C17H29N3O. The molecule has 4 heteroatoms. The fourth-order valence-electron chi connectivity index (χ4n) is 2.63. The first kappa shape index (κ1) is 17.2. The molecule has 21 heavy (non-hydrogen) atoms. The van der Waals surface area contributed by atoms with Crippen LogP contribution in [-0.4, -0.2) is 63.1 Å². The number of ether oxygens (including phenoxy) is 1. The van der Waals surface area contributed by atoms with Crippen molar-refractivity contribution in [3.63, 3.8) is 0 Å². The first-order chi connectivity index (χ1) is 9.83. The van der Waals surface area contributed by atoms with Crippen LogP contribution in [0.1, 0.15) is 12.8 Å². The van der Waals surface area contributed by atoms with Crippen LogP contribution in [-0.2, 0) is 4.74 Å². The molecule has 0 heterocycles. The maximum absolute atomic E-state index is 5.80. The van der Waals surface area contributed by atoms with Crippen LogP contribution >= 0.6 is 0 Å². The maximum Gasteiger partial charge on any atom is 0.144 e. The normalized spacial score (nSPS) is 22.2. The average Bonchev–Trinajstić information content (AvgIpc) is 2.31. The minimum Gasteiger partial charge on any atom is -0.490 e. The Labute approximate surface area is 129 Å². The van der Waals surface area contributed by atoms with Gasteiger partial charge in [-0.15, -0.1) is 0 Å². The van der Waals surface area contributed by atoms with Crippen molar-refractivity contribution in [3.8, 4) is 0 Å². The summed E-state index contributed by atoms with van der Waals surface area (Å²) in [5, 5.41) is 0. The monoisotopic (exact) mass is 291 g/mol.